The van der Waals surface area contributed by atoms with Crippen LogP contribution in [-0.4, -0.2) is 30.0 Å². The normalized spacial score (nSPS) is 25.4. The summed E-state index contributed by atoms with van der Waals surface area (Å²) >= 11 is 0. The van der Waals surface area contributed by atoms with E-state index in [2.05, 4.69) is 15.6 Å². The number of benzene rings is 1. The third-order valence-electron chi connectivity index (χ3n) is 4.22. The number of carbonyl (C=O) groups excluding carboxylic acids is 1. The van der Waals surface area contributed by atoms with Crippen LogP contribution in [0.2, 0.25) is 0 Å². The maximum absolute atomic E-state index is 12.2. The van der Waals surface area contributed by atoms with Gasteiger partial charge in [0.1, 0.15) is 5.69 Å². The Morgan fingerprint density at radius 1 is 1.10 bits per heavy atom. The first kappa shape index (κ1) is 16.0. The van der Waals surface area contributed by atoms with Crippen molar-refractivity contribution in [1.29, 1.82) is 0 Å². The second kappa shape index (κ2) is 6.18. The Morgan fingerprint density at radius 3 is 2.57 bits per heavy atom. The number of para-hydroxylation sites is 1. The third-order valence-corrected chi connectivity index (χ3v) is 4.22. The minimum Gasteiger partial charge on any atom is -0.347 e. The fraction of sp³-hybridized carbons (Fsp3) is 0.333. The molecule has 21 heavy (non-hydrogen) atoms. The zero-order chi connectivity index (χ0) is 12.8. The fourth-order valence-electron chi connectivity index (χ4n) is 3.05. The lowest BCUT2D eigenvalue weighted by Gasteiger charge is -2.07. The van der Waals surface area contributed by atoms with Crippen LogP contribution < -0.4 is 10.6 Å². The Hall–Kier alpha value is -1.36. The first-order valence-electron chi connectivity index (χ1n) is 6.70. The molecule has 1 saturated heterocycles. The highest BCUT2D eigenvalue weighted by atomic mass is 35.5. The maximum Gasteiger partial charge on any atom is 0.270 e. The molecule has 112 valence electrons. The number of aromatic nitrogens is 1. The molecule has 2 atom stereocenters. The Labute approximate surface area is 135 Å². The summed E-state index contributed by atoms with van der Waals surface area (Å²) in [6.45, 7) is 2.06. The van der Waals surface area contributed by atoms with E-state index < -0.39 is 0 Å². The van der Waals surface area contributed by atoms with Gasteiger partial charge in [0.15, 0.2) is 0 Å². The van der Waals surface area contributed by atoms with Crippen LogP contribution in [-0.2, 0) is 0 Å². The molecule has 0 spiro atoms. The summed E-state index contributed by atoms with van der Waals surface area (Å²) in [5, 5.41) is 7.48. The molecule has 0 bridgehead atoms. The quantitative estimate of drug-likeness (QED) is 0.888. The van der Waals surface area contributed by atoms with Crippen molar-refractivity contribution < 1.29 is 4.79 Å². The number of hydrogen-bond donors (Lipinski definition) is 2. The van der Waals surface area contributed by atoms with Crippen molar-refractivity contribution in [2.24, 2.45) is 11.8 Å². The number of piperidine rings is 1. The zero-order valence-corrected chi connectivity index (χ0v) is 12.9. The molecular weight excluding hydrogens is 309 g/mol. The van der Waals surface area contributed by atoms with Crippen molar-refractivity contribution in [3.63, 3.8) is 0 Å². The minimum atomic E-state index is -0.0508. The number of hydrogen-bond acceptors (Lipinski definition) is 3. The molecule has 2 fully saturated rings. The number of carbonyl (C=O) groups is 1. The van der Waals surface area contributed by atoms with Gasteiger partial charge in [-0.05, 0) is 24.0 Å². The molecule has 6 heteroatoms. The molecule has 1 aliphatic carbocycles. The van der Waals surface area contributed by atoms with Crippen LogP contribution >= 0.6 is 24.8 Å². The van der Waals surface area contributed by atoms with E-state index in [9.17, 15) is 4.79 Å². The summed E-state index contributed by atoms with van der Waals surface area (Å²) < 4.78 is 0. The first-order valence-corrected chi connectivity index (χ1v) is 6.70. The van der Waals surface area contributed by atoms with Crippen molar-refractivity contribution >= 4 is 41.6 Å². The Morgan fingerprint density at radius 2 is 1.81 bits per heavy atom. The summed E-state index contributed by atoms with van der Waals surface area (Å²) in [7, 11) is 0. The van der Waals surface area contributed by atoms with Crippen LogP contribution in [0.15, 0.2) is 36.4 Å². The van der Waals surface area contributed by atoms with Gasteiger partial charge in [0, 0.05) is 24.5 Å². The van der Waals surface area contributed by atoms with Crippen LogP contribution in [0, 0.1) is 11.8 Å². The number of nitrogens with zero attached hydrogens (tertiary/aromatic N) is 1. The standard InChI is InChI=1S/C15H15N3O.2ClH/c19-15(18-14-10-7-16-8-11(10)14)13-6-5-9-3-1-2-4-12(9)17-13;;/h1-6,10-11,14,16H,7-8H2,(H,18,19);2*1H. The molecule has 2 heterocycles. The topological polar surface area (TPSA) is 54.0 Å². The van der Waals surface area contributed by atoms with E-state index in [1.54, 1.807) is 6.07 Å². The van der Waals surface area contributed by atoms with Crippen LogP contribution in [0.5, 0.6) is 0 Å². The lowest BCUT2D eigenvalue weighted by atomic mass is 10.2. The summed E-state index contributed by atoms with van der Waals surface area (Å²) in [6.07, 6.45) is 0. The van der Waals surface area contributed by atoms with Gasteiger partial charge in [0.2, 0.25) is 0 Å². The molecule has 1 aromatic heterocycles. The summed E-state index contributed by atoms with van der Waals surface area (Å²) in [5.41, 5.74) is 1.38. The van der Waals surface area contributed by atoms with Crippen molar-refractivity contribution in [1.82, 2.24) is 15.6 Å². The van der Waals surface area contributed by atoms with E-state index in [1.165, 1.54) is 0 Å². The van der Waals surface area contributed by atoms with E-state index in [0.29, 0.717) is 23.6 Å². The molecule has 0 radical (unpaired) electrons. The highest BCUT2D eigenvalue weighted by Crippen LogP contribution is 2.41. The maximum atomic E-state index is 12.2. The fourth-order valence-corrected chi connectivity index (χ4v) is 3.05. The van der Waals surface area contributed by atoms with Gasteiger partial charge in [-0.3, -0.25) is 4.79 Å². The lowest BCUT2D eigenvalue weighted by Crippen LogP contribution is -2.32. The van der Waals surface area contributed by atoms with E-state index in [-0.39, 0.29) is 30.7 Å². The number of halogens is 2. The van der Waals surface area contributed by atoms with E-state index in [4.69, 9.17) is 0 Å². The predicted octanol–water partition coefficient (Wildman–Crippen LogP) is 2.03. The minimum absolute atomic E-state index is 0. The molecular formula is C15H17Cl2N3O. The average molecular weight is 326 g/mol. The molecule has 4 rings (SSSR count). The van der Waals surface area contributed by atoms with Gasteiger partial charge in [0.25, 0.3) is 5.91 Å². The molecule has 2 unspecified atom stereocenters. The second-order valence-electron chi connectivity index (χ2n) is 5.37. The summed E-state index contributed by atoms with van der Waals surface area (Å²) in [5.74, 6) is 1.21. The molecule has 1 saturated carbocycles. The number of fused-ring (bicyclic) bond motifs is 2. The van der Waals surface area contributed by atoms with Crippen molar-refractivity contribution in [3.05, 3.63) is 42.1 Å². The van der Waals surface area contributed by atoms with E-state index >= 15 is 0 Å². The number of pyridine rings is 1. The van der Waals surface area contributed by atoms with Crippen molar-refractivity contribution in [3.8, 4) is 0 Å². The van der Waals surface area contributed by atoms with Gasteiger partial charge >= 0.3 is 0 Å². The smallest absolute Gasteiger partial charge is 0.270 e. The molecule has 2 aromatic rings. The van der Waals surface area contributed by atoms with Gasteiger partial charge in [-0.25, -0.2) is 4.98 Å². The zero-order valence-electron chi connectivity index (χ0n) is 11.3. The van der Waals surface area contributed by atoms with Gasteiger partial charge in [-0.15, -0.1) is 24.8 Å². The number of amides is 1. The van der Waals surface area contributed by atoms with E-state index in [1.807, 2.05) is 30.3 Å². The third kappa shape index (κ3) is 2.84. The largest absolute Gasteiger partial charge is 0.347 e. The second-order valence-corrected chi connectivity index (χ2v) is 5.37. The number of rotatable bonds is 2. The monoisotopic (exact) mass is 325 g/mol. The molecule has 2 N–H and O–H groups in total. The van der Waals surface area contributed by atoms with Gasteiger partial charge < -0.3 is 10.6 Å². The molecule has 1 aromatic carbocycles. The molecule has 1 amide bonds. The number of nitrogens with one attached hydrogen (secondary N) is 2. The van der Waals surface area contributed by atoms with Gasteiger partial charge in [0.05, 0.1) is 5.52 Å². The summed E-state index contributed by atoms with van der Waals surface area (Å²) in [4.78, 5) is 16.6. The molecule has 4 nitrogen and oxygen atoms in total. The Kier molecular flexibility index (Phi) is 4.71. The SMILES string of the molecule is Cl.Cl.O=C(NC1C2CNCC21)c1ccc2ccccc2n1. The van der Waals surface area contributed by atoms with Gasteiger partial charge in [-0.1, -0.05) is 24.3 Å². The van der Waals surface area contributed by atoms with Gasteiger partial charge in [-0.2, -0.15) is 0 Å². The highest BCUT2D eigenvalue weighted by Gasteiger charge is 2.53. The van der Waals surface area contributed by atoms with Crippen LogP contribution in [0.4, 0.5) is 0 Å². The van der Waals surface area contributed by atoms with E-state index in [0.717, 1.165) is 24.0 Å². The first-order chi connectivity index (χ1) is 9.33. The summed E-state index contributed by atoms with van der Waals surface area (Å²) in [6, 6.07) is 11.9. The van der Waals surface area contributed by atoms with Crippen molar-refractivity contribution in [2.45, 2.75) is 6.04 Å². The predicted molar refractivity (Wildman–Crippen MR) is 87.3 cm³/mol. The molecule has 2 aliphatic rings. The Bertz CT molecular complexity index is 654. The van der Waals surface area contributed by atoms with Crippen LogP contribution in [0.3, 0.4) is 0 Å². The van der Waals surface area contributed by atoms with Crippen LogP contribution in [0.25, 0.3) is 10.9 Å². The van der Waals surface area contributed by atoms with Crippen LogP contribution in [0.1, 0.15) is 10.5 Å². The molecule has 1 aliphatic heterocycles. The Balaban J connectivity index is 0.000000807. The lowest BCUT2D eigenvalue weighted by molar-refractivity contribution is 0.0942. The average Bonchev–Trinajstić information content (AvgIpc) is 2.88. The van der Waals surface area contributed by atoms with Crippen molar-refractivity contribution in [2.75, 3.05) is 13.1 Å². The highest BCUT2D eigenvalue weighted by molar-refractivity contribution is 5.95.